The van der Waals surface area contributed by atoms with Crippen LogP contribution in [0.1, 0.15) is 25.7 Å². The summed E-state index contributed by atoms with van der Waals surface area (Å²) in [6.07, 6.45) is 4.46. The van der Waals surface area contributed by atoms with Crippen LogP contribution in [0.4, 0.5) is 11.4 Å². The van der Waals surface area contributed by atoms with Crippen LogP contribution in [-0.2, 0) is 4.74 Å². The maximum Gasteiger partial charge on any atom is 0.250 e. The van der Waals surface area contributed by atoms with E-state index in [-0.39, 0.29) is 6.10 Å². The van der Waals surface area contributed by atoms with E-state index in [1.165, 1.54) is 0 Å². The van der Waals surface area contributed by atoms with Crippen molar-refractivity contribution in [2.45, 2.75) is 31.8 Å². The zero-order valence-corrected chi connectivity index (χ0v) is 11.3. The molecule has 0 unspecified atom stereocenters. The highest BCUT2D eigenvalue weighted by Crippen LogP contribution is 2.36. The van der Waals surface area contributed by atoms with Crippen molar-refractivity contribution in [3.8, 4) is 5.75 Å². The van der Waals surface area contributed by atoms with Gasteiger partial charge in [0.15, 0.2) is 0 Å². The largest absolute Gasteiger partial charge is 0.501 e. The molecule has 2 rings (SSSR count). The number of benzene rings is 1. The highest BCUT2D eigenvalue weighted by atomic mass is 16.5. The number of nitrogens with zero attached hydrogens (tertiary/aromatic N) is 1. The van der Waals surface area contributed by atoms with Gasteiger partial charge < -0.3 is 15.2 Å². The molecule has 2 N–H and O–H groups in total. The topological polar surface area (TPSA) is 48.8 Å². The van der Waals surface area contributed by atoms with Crippen molar-refractivity contribution in [1.82, 2.24) is 0 Å². The van der Waals surface area contributed by atoms with Crippen molar-refractivity contribution >= 4 is 11.4 Å². The van der Waals surface area contributed by atoms with E-state index >= 15 is 0 Å². The molecular weight excluding hydrogens is 240 g/mol. The first kappa shape index (κ1) is 13.7. The Morgan fingerprint density at radius 1 is 1.32 bits per heavy atom. The second-order valence-electron chi connectivity index (χ2n) is 5.02. The number of para-hydroxylation sites is 1. The quantitative estimate of drug-likeness (QED) is 0.666. The minimum absolute atomic E-state index is 0.190. The van der Waals surface area contributed by atoms with E-state index in [0.717, 1.165) is 32.3 Å². The first-order chi connectivity index (χ1) is 9.24. The summed E-state index contributed by atoms with van der Waals surface area (Å²) in [5, 5.41) is 0. The van der Waals surface area contributed by atoms with Crippen LogP contribution in [-0.4, -0.2) is 19.8 Å². The summed E-state index contributed by atoms with van der Waals surface area (Å²) in [7, 11) is 1.75. The first-order valence-corrected chi connectivity index (χ1v) is 6.66. The Labute approximate surface area is 114 Å². The average Bonchev–Trinajstić information content (AvgIpc) is 2.42. The molecule has 0 aliphatic heterocycles. The third-order valence-corrected chi connectivity index (χ3v) is 3.63. The summed E-state index contributed by atoms with van der Waals surface area (Å²) in [6, 6.07) is 5.39. The van der Waals surface area contributed by atoms with Crippen LogP contribution in [0.3, 0.4) is 0 Å². The van der Waals surface area contributed by atoms with Gasteiger partial charge in [-0.2, -0.15) is 0 Å². The van der Waals surface area contributed by atoms with E-state index in [0.29, 0.717) is 23.0 Å². The third kappa shape index (κ3) is 3.39. The van der Waals surface area contributed by atoms with Gasteiger partial charge in [0.1, 0.15) is 5.75 Å². The van der Waals surface area contributed by atoms with Gasteiger partial charge in [-0.25, -0.2) is 4.85 Å². The van der Waals surface area contributed by atoms with E-state index in [9.17, 15) is 0 Å². The van der Waals surface area contributed by atoms with Crippen LogP contribution in [0.25, 0.3) is 4.85 Å². The monoisotopic (exact) mass is 260 g/mol. The normalized spacial score (nSPS) is 22.7. The minimum Gasteiger partial charge on any atom is -0.501 e. The number of anilines is 1. The Kier molecular flexibility index (Phi) is 4.64. The maximum atomic E-state index is 7.18. The molecule has 0 saturated heterocycles. The molecule has 1 aromatic carbocycles. The fourth-order valence-electron chi connectivity index (χ4n) is 2.59. The standard InChI is InChI=1S/C15H20N2O2/c1-17-15-13(16)4-3-5-14(15)19-12-8-6-11(7-9-12)10-18-2/h3-5,11-12H,6-10,16H2,2H3. The van der Waals surface area contributed by atoms with Crippen molar-refractivity contribution in [3.63, 3.8) is 0 Å². The number of rotatable bonds is 4. The number of ether oxygens (including phenoxy) is 2. The number of nitrogens with two attached hydrogens (primary N) is 1. The molecule has 1 fully saturated rings. The maximum absolute atomic E-state index is 7.18. The highest BCUT2D eigenvalue weighted by molar-refractivity contribution is 5.74. The Morgan fingerprint density at radius 2 is 2.05 bits per heavy atom. The van der Waals surface area contributed by atoms with E-state index in [1.54, 1.807) is 13.2 Å². The molecule has 1 aliphatic rings. The zero-order valence-electron chi connectivity index (χ0n) is 11.3. The summed E-state index contributed by atoms with van der Waals surface area (Å²) >= 11 is 0. The predicted octanol–water partition coefficient (Wildman–Crippen LogP) is 3.40. The number of nitrogen functional groups attached to an aromatic ring is 1. The second kappa shape index (κ2) is 6.44. The van der Waals surface area contributed by atoms with Crippen molar-refractivity contribution in [1.29, 1.82) is 0 Å². The van der Waals surface area contributed by atoms with E-state index in [4.69, 9.17) is 21.8 Å². The Balaban J connectivity index is 1.96. The number of hydrogen-bond acceptors (Lipinski definition) is 3. The van der Waals surface area contributed by atoms with E-state index < -0.39 is 0 Å². The van der Waals surface area contributed by atoms with E-state index in [2.05, 4.69) is 4.85 Å². The van der Waals surface area contributed by atoms with Gasteiger partial charge in [0, 0.05) is 19.4 Å². The SMILES string of the molecule is [C-]#[N+]c1c(N)cccc1OC1CCC(COC)CC1. The fraction of sp³-hybridized carbons (Fsp3) is 0.533. The van der Waals surface area contributed by atoms with Gasteiger partial charge in [0.2, 0.25) is 5.69 Å². The smallest absolute Gasteiger partial charge is 0.250 e. The molecule has 0 atom stereocenters. The van der Waals surface area contributed by atoms with Crippen LogP contribution < -0.4 is 10.5 Å². The van der Waals surface area contributed by atoms with Crippen LogP contribution >= 0.6 is 0 Å². The molecular formula is C15H20N2O2. The van der Waals surface area contributed by atoms with Crippen molar-refractivity contribution < 1.29 is 9.47 Å². The lowest BCUT2D eigenvalue weighted by atomic mass is 9.88. The van der Waals surface area contributed by atoms with Crippen molar-refractivity contribution in [3.05, 3.63) is 29.6 Å². The molecule has 1 saturated carbocycles. The molecule has 1 aliphatic carbocycles. The van der Waals surface area contributed by atoms with E-state index in [1.807, 2.05) is 12.1 Å². The predicted molar refractivity (Wildman–Crippen MR) is 75.4 cm³/mol. The van der Waals surface area contributed by atoms with Crippen LogP contribution in [0.15, 0.2) is 18.2 Å². The summed E-state index contributed by atoms with van der Waals surface area (Å²) < 4.78 is 11.1. The van der Waals surface area contributed by atoms with Gasteiger partial charge in [0.05, 0.1) is 12.7 Å². The average molecular weight is 260 g/mol. The van der Waals surface area contributed by atoms with Crippen LogP contribution in [0, 0.1) is 12.5 Å². The molecule has 1 aromatic rings. The number of hydrogen-bond donors (Lipinski definition) is 1. The lowest BCUT2D eigenvalue weighted by molar-refractivity contribution is 0.0844. The van der Waals surface area contributed by atoms with Crippen LogP contribution in [0.2, 0.25) is 0 Å². The Hall–Kier alpha value is -1.73. The molecule has 0 heterocycles. The van der Waals surface area contributed by atoms with Gasteiger partial charge in [-0.1, -0.05) is 6.07 Å². The van der Waals surface area contributed by atoms with Gasteiger partial charge in [-0.3, -0.25) is 0 Å². The lowest BCUT2D eigenvalue weighted by Crippen LogP contribution is -2.26. The molecule has 0 radical (unpaired) electrons. The summed E-state index contributed by atoms with van der Waals surface area (Å²) in [5.41, 5.74) is 6.71. The van der Waals surface area contributed by atoms with Gasteiger partial charge in [0.25, 0.3) is 0 Å². The zero-order chi connectivity index (χ0) is 13.7. The Morgan fingerprint density at radius 3 is 2.68 bits per heavy atom. The molecule has 0 bridgehead atoms. The number of methoxy groups -OCH3 is 1. The van der Waals surface area contributed by atoms with Crippen molar-refractivity contribution in [2.75, 3.05) is 19.5 Å². The molecule has 4 nitrogen and oxygen atoms in total. The Bertz CT molecular complexity index is 460. The minimum atomic E-state index is 0.190. The molecule has 102 valence electrons. The van der Waals surface area contributed by atoms with Gasteiger partial charge >= 0.3 is 0 Å². The molecule has 0 amide bonds. The molecule has 0 aromatic heterocycles. The summed E-state index contributed by atoms with van der Waals surface area (Å²) in [6.45, 7) is 8.01. The lowest BCUT2D eigenvalue weighted by Gasteiger charge is -2.29. The second-order valence-corrected chi connectivity index (χ2v) is 5.02. The molecule has 4 heteroatoms. The van der Waals surface area contributed by atoms with Crippen LogP contribution in [0.5, 0.6) is 5.75 Å². The summed E-state index contributed by atoms with van der Waals surface area (Å²) in [4.78, 5) is 3.46. The summed E-state index contributed by atoms with van der Waals surface area (Å²) in [5.74, 6) is 1.26. The molecule has 19 heavy (non-hydrogen) atoms. The van der Waals surface area contributed by atoms with Gasteiger partial charge in [-0.05, 0) is 43.7 Å². The van der Waals surface area contributed by atoms with Gasteiger partial charge in [-0.15, -0.1) is 0 Å². The fourth-order valence-corrected chi connectivity index (χ4v) is 2.59. The third-order valence-electron chi connectivity index (χ3n) is 3.63. The highest BCUT2D eigenvalue weighted by Gasteiger charge is 2.23. The molecule has 0 spiro atoms. The van der Waals surface area contributed by atoms with Crippen molar-refractivity contribution in [2.24, 2.45) is 5.92 Å². The first-order valence-electron chi connectivity index (χ1n) is 6.66.